The first-order valence-corrected chi connectivity index (χ1v) is 24.0. The van der Waals surface area contributed by atoms with Crippen LogP contribution in [0.2, 0.25) is 0 Å². The highest BCUT2D eigenvalue weighted by Gasteiger charge is 2.19. The lowest BCUT2D eigenvalue weighted by atomic mass is 10.1. The van der Waals surface area contributed by atoms with E-state index in [1.807, 2.05) is 0 Å². The van der Waals surface area contributed by atoms with Crippen molar-refractivity contribution in [2.45, 2.75) is 226 Å². The molecule has 0 aromatic carbocycles. The van der Waals surface area contributed by atoms with Crippen molar-refractivity contribution in [1.82, 2.24) is 0 Å². The van der Waals surface area contributed by atoms with Crippen molar-refractivity contribution in [2.24, 2.45) is 0 Å². The molecule has 0 aliphatic heterocycles. The van der Waals surface area contributed by atoms with Crippen molar-refractivity contribution >= 4 is 17.9 Å². The summed E-state index contributed by atoms with van der Waals surface area (Å²) in [5, 5.41) is 0. The molecule has 0 N–H and O–H groups in total. The molecule has 6 heteroatoms. The molecular weight excluding hydrogens is 721 g/mol. The van der Waals surface area contributed by atoms with Crippen LogP contribution in [0.25, 0.3) is 0 Å². The van der Waals surface area contributed by atoms with E-state index in [1.54, 1.807) is 0 Å². The number of ether oxygens (including phenoxy) is 3. The van der Waals surface area contributed by atoms with Crippen LogP contribution in [0.15, 0.2) is 72.9 Å². The summed E-state index contributed by atoms with van der Waals surface area (Å²) >= 11 is 0. The molecule has 0 heterocycles. The van der Waals surface area contributed by atoms with E-state index >= 15 is 0 Å². The van der Waals surface area contributed by atoms with Crippen LogP contribution in [0, 0.1) is 0 Å². The maximum atomic E-state index is 12.7. The molecule has 0 aliphatic rings. The molecule has 0 aromatic rings. The summed E-state index contributed by atoms with van der Waals surface area (Å²) in [6.45, 7) is 6.47. The van der Waals surface area contributed by atoms with E-state index in [-0.39, 0.29) is 31.1 Å². The molecule has 0 saturated heterocycles. The van der Waals surface area contributed by atoms with Crippen LogP contribution >= 0.6 is 0 Å². The predicted molar refractivity (Wildman–Crippen MR) is 247 cm³/mol. The lowest BCUT2D eigenvalue weighted by molar-refractivity contribution is -0.167. The van der Waals surface area contributed by atoms with Gasteiger partial charge in [-0.05, 0) is 83.5 Å². The van der Waals surface area contributed by atoms with Gasteiger partial charge in [-0.15, -0.1) is 0 Å². The zero-order valence-corrected chi connectivity index (χ0v) is 37.8. The van der Waals surface area contributed by atoms with Crippen molar-refractivity contribution in [2.75, 3.05) is 13.2 Å². The van der Waals surface area contributed by atoms with Gasteiger partial charge in [-0.2, -0.15) is 0 Å². The van der Waals surface area contributed by atoms with E-state index in [4.69, 9.17) is 14.2 Å². The van der Waals surface area contributed by atoms with E-state index in [1.165, 1.54) is 77.0 Å². The Labute approximate surface area is 357 Å². The van der Waals surface area contributed by atoms with Crippen LogP contribution in [-0.2, 0) is 28.6 Å². The first-order chi connectivity index (χ1) is 28.5. The molecule has 1 atom stereocenters. The highest BCUT2D eigenvalue weighted by molar-refractivity contribution is 5.71. The fourth-order valence-corrected chi connectivity index (χ4v) is 6.30. The van der Waals surface area contributed by atoms with Gasteiger partial charge in [-0.3, -0.25) is 14.4 Å². The number of rotatable bonds is 42. The highest BCUT2D eigenvalue weighted by Crippen LogP contribution is 2.13. The van der Waals surface area contributed by atoms with Crippen molar-refractivity contribution in [3.63, 3.8) is 0 Å². The standard InChI is InChI=1S/C52H88O6/c1-4-7-10-13-16-19-22-23-24-25-26-27-28-31-33-36-39-42-45-51(54)57-48-49(58-52(55)46-43-40-37-34-30-21-18-15-12-9-6-3)47-56-50(53)44-41-38-35-32-29-20-17-14-11-8-5-2/h14-19,22-27,49H,4-13,20-21,28-48H2,1-3H3/b17-14-,18-15-,19-16-,23-22-,25-24-,27-26-. The molecule has 0 bridgehead atoms. The SMILES string of the molecule is CCCC/C=C\CCCCCCCC(=O)OCC(COC(=O)CCCCCCC\C=C/C=C\C=C/C=C\CCCCC)OC(=O)CCCCCCC/C=C\CCCC. The average molecular weight is 809 g/mol. The number of hydrogen-bond donors (Lipinski definition) is 0. The quantitative estimate of drug-likeness (QED) is 0.0201. The molecule has 0 aliphatic carbocycles. The second kappa shape index (κ2) is 46.5. The first kappa shape index (κ1) is 54.9. The summed E-state index contributed by atoms with van der Waals surface area (Å²) in [7, 11) is 0. The van der Waals surface area contributed by atoms with Gasteiger partial charge in [-0.1, -0.05) is 190 Å². The van der Waals surface area contributed by atoms with E-state index < -0.39 is 6.10 Å². The lowest BCUT2D eigenvalue weighted by Gasteiger charge is -2.18. The molecule has 0 radical (unpaired) electrons. The van der Waals surface area contributed by atoms with Crippen LogP contribution < -0.4 is 0 Å². The maximum Gasteiger partial charge on any atom is 0.306 e. The zero-order valence-electron chi connectivity index (χ0n) is 37.8. The van der Waals surface area contributed by atoms with Crippen molar-refractivity contribution in [3.8, 4) is 0 Å². The van der Waals surface area contributed by atoms with Crippen LogP contribution in [0.4, 0.5) is 0 Å². The fraction of sp³-hybridized carbons (Fsp3) is 0.712. The Kier molecular flexibility index (Phi) is 44.0. The van der Waals surface area contributed by atoms with E-state index in [2.05, 4.69) is 93.7 Å². The van der Waals surface area contributed by atoms with Gasteiger partial charge >= 0.3 is 17.9 Å². The minimum absolute atomic E-state index is 0.0918. The number of carbonyl (C=O) groups is 3. The molecule has 0 amide bonds. The number of carbonyl (C=O) groups excluding carboxylic acids is 3. The second-order valence-electron chi connectivity index (χ2n) is 15.7. The number of hydrogen-bond acceptors (Lipinski definition) is 6. The third-order valence-corrected chi connectivity index (χ3v) is 10.00. The lowest BCUT2D eigenvalue weighted by Crippen LogP contribution is -2.30. The van der Waals surface area contributed by atoms with Crippen LogP contribution in [0.1, 0.15) is 220 Å². The average Bonchev–Trinajstić information content (AvgIpc) is 3.22. The Morgan fingerprint density at radius 2 is 0.655 bits per heavy atom. The van der Waals surface area contributed by atoms with Gasteiger partial charge in [-0.25, -0.2) is 0 Å². The summed E-state index contributed by atoms with van der Waals surface area (Å²) in [5.74, 6) is -0.938. The molecule has 58 heavy (non-hydrogen) atoms. The summed E-state index contributed by atoms with van der Waals surface area (Å²) in [6.07, 6.45) is 57.3. The topological polar surface area (TPSA) is 78.9 Å². The Balaban J connectivity index is 4.42. The largest absolute Gasteiger partial charge is 0.462 e. The maximum absolute atomic E-state index is 12.7. The van der Waals surface area contributed by atoms with Crippen molar-refractivity contribution < 1.29 is 28.6 Å². The minimum atomic E-state index is -0.790. The molecule has 0 aromatic heterocycles. The Hall–Kier alpha value is -3.15. The van der Waals surface area contributed by atoms with Crippen LogP contribution in [0.5, 0.6) is 0 Å². The molecule has 0 saturated carbocycles. The minimum Gasteiger partial charge on any atom is -0.462 e. The number of esters is 3. The predicted octanol–water partition coefficient (Wildman–Crippen LogP) is 15.5. The molecule has 332 valence electrons. The van der Waals surface area contributed by atoms with Gasteiger partial charge in [0.05, 0.1) is 0 Å². The Morgan fingerprint density at radius 3 is 1.07 bits per heavy atom. The van der Waals surface area contributed by atoms with Gasteiger partial charge < -0.3 is 14.2 Å². The highest BCUT2D eigenvalue weighted by atomic mass is 16.6. The third kappa shape index (κ3) is 44.0. The number of allylic oxidation sites excluding steroid dienone is 12. The van der Waals surface area contributed by atoms with Gasteiger partial charge in [0.2, 0.25) is 0 Å². The van der Waals surface area contributed by atoms with E-state index in [9.17, 15) is 14.4 Å². The van der Waals surface area contributed by atoms with Crippen LogP contribution in [-0.4, -0.2) is 37.2 Å². The smallest absolute Gasteiger partial charge is 0.306 e. The molecule has 0 spiro atoms. The van der Waals surface area contributed by atoms with Gasteiger partial charge in [0.25, 0.3) is 0 Å². The molecular formula is C52H88O6. The van der Waals surface area contributed by atoms with E-state index in [0.29, 0.717) is 19.3 Å². The Bertz CT molecular complexity index is 1110. The third-order valence-electron chi connectivity index (χ3n) is 10.00. The summed E-state index contributed by atoms with van der Waals surface area (Å²) in [5.41, 5.74) is 0. The molecule has 6 nitrogen and oxygen atoms in total. The monoisotopic (exact) mass is 809 g/mol. The van der Waals surface area contributed by atoms with E-state index in [0.717, 1.165) is 103 Å². The summed E-state index contributed by atoms with van der Waals surface area (Å²) in [6, 6.07) is 0. The zero-order chi connectivity index (χ0) is 42.3. The molecule has 0 fully saturated rings. The van der Waals surface area contributed by atoms with Crippen LogP contribution in [0.3, 0.4) is 0 Å². The summed E-state index contributed by atoms with van der Waals surface area (Å²) < 4.78 is 16.7. The molecule has 1 unspecified atom stereocenters. The van der Waals surface area contributed by atoms with Crippen molar-refractivity contribution in [3.05, 3.63) is 72.9 Å². The van der Waals surface area contributed by atoms with Gasteiger partial charge in [0.1, 0.15) is 13.2 Å². The normalized spacial score (nSPS) is 12.7. The fourth-order valence-electron chi connectivity index (χ4n) is 6.30. The van der Waals surface area contributed by atoms with Gasteiger partial charge in [0.15, 0.2) is 6.10 Å². The van der Waals surface area contributed by atoms with Crippen molar-refractivity contribution in [1.29, 1.82) is 0 Å². The Morgan fingerprint density at radius 1 is 0.345 bits per heavy atom. The number of unbranched alkanes of at least 4 members (excludes halogenated alkanes) is 22. The first-order valence-electron chi connectivity index (χ1n) is 24.0. The van der Waals surface area contributed by atoms with Gasteiger partial charge in [0, 0.05) is 19.3 Å². The second-order valence-corrected chi connectivity index (χ2v) is 15.7. The molecule has 0 rings (SSSR count). The summed E-state index contributed by atoms with van der Waals surface area (Å²) in [4.78, 5) is 37.8.